The smallest absolute Gasteiger partial charge is 0.158 e. The van der Waals surface area contributed by atoms with Crippen molar-refractivity contribution in [2.75, 3.05) is 0 Å². The van der Waals surface area contributed by atoms with Gasteiger partial charge in [0.2, 0.25) is 0 Å². The van der Waals surface area contributed by atoms with Crippen molar-refractivity contribution in [2.24, 2.45) is 0 Å². The Morgan fingerprint density at radius 1 is 0.556 bits per heavy atom. The SMILES string of the molecule is C=C1CCCCCCCCCCCCCCC1=O. The monoisotopic (exact) mass is 250 g/mol. The average Bonchev–Trinajstić information content (AvgIpc) is 2.37. The van der Waals surface area contributed by atoms with Crippen LogP contribution >= 0.6 is 0 Å². The predicted octanol–water partition coefficient (Wildman–Crippen LogP) is 5.59. The summed E-state index contributed by atoms with van der Waals surface area (Å²) in [6.07, 6.45) is 17.4. The normalized spacial score (nSPS) is 22.9. The van der Waals surface area contributed by atoms with Gasteiger partial charge in [0.25, 0.3) is 0 Å². The Balaban J connectivity index is 2.24. The summed E-state index contributed by atoms with van der Waals surface area (Å²) in [5.41, 5.74) is 0.877. The van der Waals surface area contributed by atoms with E-state index in [4.69, 9.17) is 0 Å². The first-order chi connectivity index (χ1) is 8.80. The second-order valence-corrected chi connectivity index (χ2v) is 5.77. The van der Waals surface area contributed by atoms with Gasteiger partial charge in [-0.15, -0.1) is 0 Å². The van der Waals surface area contributed by atoms with Gasteiger partial charge in [-0.2, -0.15) is 0 Å². The number of hydrogen-bond acceptors (Lipinski definition) is 1. The van der Waals surface area contributed by atoms with E-state index in [1.807, 2.05) is 0 Å². The van der Waals surface area contributed by atoms with Crippen molar-refractivity contribution in [3.8, 4) is 0 Å². The van der Waals surface area contributed by atoms with Gasteiger partial charge in [0.15, 0.2) is 5.78 Å². The summed E-state index contributed by atoms with van der Waals surface area (Å²) in [7, 11) is 0. The molecule has 0 radical (unpaired) electrons. The molecule has 104 valence electrons. The zero-order valence-corrected chi connectivity index (χ0v) is 12.0. The Morgan fingerprint density at radius 3 is 1.33 bits per heavy atom. The second kappa shape index (κ2) is 10.3. The highest BCUT2D eigenvalue weighted by Crippen LogP contribution is 2.17. The molecule has 1 nitrogen and oxygen atoms in total. The molecule has 0 heterocycles. The van der Waals surface area contributed by atoms with Crippen LogP contribution in [0.25, 0.3) is 0 Å². The highest BCUT2D eigenvalue weighted by molar-refractivity contribution is 5.94. The number of carbonyl (C=O) groups is 1. The molecule has 0 aromatic rings. The van der Waals surface area contributed by atoms with Crippen LogP contribution in [0, 0.1) is 0 Å². The molecule has 1 saturated carbocycles. The number of carbonyl (C=O) groups excluding carboxylic acids is 1. The van der Waals surface area contributed by atoms with Gasteiger partial charge in [0.05, 0.1) is 0 Å². The Morgan fingerprint density at radius 2 is 0.889 bits per heavy atom. The van der Waals surface area contributed by atoms with Crippen molar-refractivity contribution in [2.45, 2.75) is 89.9 Å². The fraction of sp³-hybridized carbons (Fsp3) is 0.824. The Labute approximate surface area is 113 Å². The van der Waals surface area contributed by atoms with E-state index in [0.717, 1.165) is 31.3 Å². The van der Waals surface area contributed by atoms with Gasteiger partial charge in [-0.05, 0) is 24.8 Å². The third kappa shape index (κ3) is 7.68. The first-order valence-corrected chi connectivity index (χ1v) is 8.01. The molecule has 0 amide bonds. The summed E-state index contributed by atoms with van der Waals surface area (Å²) < 4.78 is 0. The molecule has 0 aliphatic heterocycles. The number of rotatable bonds is 0. The summed E-state index contributed by atoms with van der Waals surface area (Å²) >= 11 is 0. The van der Waals surface area contributed by atoms with Crippen LogP contribution < -0.4 is 0 Å². The molecule has 0 atom stereocenters. The Kier molecular flexibility index (Phi) is 8.89. The van der Waals surface area contributed by atoms with Gasteiger partial charge in [0.1, 0.15) is 0 Å². The molecule has 1 aliphatic carbocycles. The first-order valence-electron chi connectivity index (χ1n) is 8.01. The van der Waals surface area contributed by atoms with Crippen molar-refractivity contribution in [3.05, 3.63) is 12.2 Å². The van der Waals surface area contributed by atoms with Crippen molar-refractivity contribution in [1.29, 1.82) is 0 Å². The zero-order chi connectivity index (χ0) is 13.1. The largest absolute Gasteiger partial charge is 0.295 e. The minimum Gasteiger partial charge on any atom is -0.295 e. The van der Waals surface area contributed by atoms with E-state index in [-0.39, 0.29) is 0 Å². The standard InChI is InChI=1S/C17H30O/c1-16-14-12-10-8-6-4-2-3-5-7-9-11-13-15-17(16)18/h1-15H2. The molecule has 1 fully saturated rings. The van der Waals surface area contributed by atoms with Crippen LogP contribution in [0.2, 0.25) is 0 Å². The summed E-state index contributed by atoms with van der Waals surface area (Å²) in [4.78, 5) is 11.8. The zero-order valence-electron chi connectivity index (χ0n) is 12.0. The number of ketones is 1. The summed E-state index contributed by atoms with van der Waals surface area (Å²) in [5.74, 6) is 0.321. The van der Waals surface area contributed by atoms with Crippen LogP contribution in [-0.4, -0.2) is 5.78 Å². The predicted molar refractivity (Wildman–Crippen MR) is 78.8 cm³/mol. The van der Waals surface area contributed by atoms with Gasteiger partial charge < -0.3 is 0 Å². The van der Waals surface area contributed by atoms with E-state index in [1.165, 1.54) is 64.2 Å². The van der Waals surface area contributed by atoms with Crippen molar-refractivity contribution >= 4 is 5.78 Å². The van der Waals surface area contributed by atoms with Crippen LogP contribution in [0.3, 0.4) is 0 Å². The molecule has 0 aromatic heterocycles. The maximum absolute atomic E-state index is 11.8. The van der Waals surface area contributed by atoms with E-state index in [9.17, 15) is 4.79 Å². The van der Waals surface area contributed by atoms with E-state index >= 15 is 0 Å². The summed E-state index contributed by atoms with van der Waals surface area (Å²) in [6.45, 7) is 3.95. The maximum Gasteiger partial charge on any atom is 0.158 e. The molecule has 0 bridgehead atoms. The van der Waals surface area contributed by atoms with E-state index in [0.29, 0.717) is 5.78 Å². The van der Waals surface area contributed by atoms with Crippen molar-refractivity contribution in [3.63, 3.8) is 0 Å². The third-order valence-electron chi connectivity index (χ3n) is 4.03. The molecule has 1 rings (SSSR count). The minimum atomic E-state index is 0.321. The molecule has 0 spiro atoms. The van der Waals surface area contributed by atoms with Crippen LogP contribution in [-0.2, 0) is 4.79 Å². The molecule has 0 N–H and O–H groups in total. The highest BCUT2D eigenvalue weighted by Gasteiger charge is 2.06. The number of allylic oxidation sites excluding steroid dienone is 1. The van der Waals surface area contributed by atoms with Gasteiger partial charge in [0, 0.05) is 6.42 Å². The molecule has 0 unspecified atom stereocenters. The third-order valence-corrected chi connectivity index (χ3v) is 4.03. The summed E-state index contributed by atoms with van der Waals surface area (Å²) in [5, 5.41) is 0. The van der Waals surface area contributed by atoms with Gasteiger partial charge >= 0.3 is 0 Å². The van der Waals surface area contributed by atoms with Crippen molar-refractivity contribution in [1.82, 2.24) is 0 Å². The average molecular weight is 250 g/mol. The Bertz CT molecular complexity index is 216. The van der Waals surface area contributed by atoms with Gasteiger partial charge in [-0.25, -0.2) is 0 Å². The van der Waals surface area contributed by atoms with Crippen LogP contribution in [0.15, 0.2) is 12.2 Å². The molecule has 0 saturated heterocycles. The van der Waals surface area contributed by atoms with Crippen LogP contribution in [0.4, 0.5) is 0 Å². The van der Waals surface area contributed by atoms with Crippen LogP contribution in [0.5, 0.6) is 0 Å². The number of hydrogen-bond donors (Lipinski definition) is 0. The molecular weight excluding hydrogens is 220 g/mol. The molecule has 1 heteroatoms. The minimum absolute atomic E-state index is 0.321. The summed E-state index contributed by atoms with van der Waals surface area (Å²) in [6, 6.07) is 0. The topological polar surface area (TPSA) is 17.1 Å². The van der Waals surface area contributed by atoms with E-state index in [2.05, 4.69) is 6.58 Å². The quantitative estimate of drug-likeness (QED) is 0.512. The molecule has 1 aliphatic rings. The fourth-order valence-electron chi connectivity index (χ4n) is 2.71. The van der Waals surface area contributed by atoms with E-state index in [1.54, 1.807) is 0 Å². The van der Waals surface area contributed by atoms with Gasteiger partial charge in [-0.3, -0.25) is 4.79 Å². The lowest BCUT2D eigenvalue weighted by molar-refractivity contribution is -0.115. The number of Topliss-reactive ketones (excluding diaryl/α,β-unsaturated/α-hetero) is 1. The highest BCUT2D eigenvalue weighted by atomic mass is 16.1. The van der Waals surface area contributed by atoms with E-state index < -0.39 is 0 Å². The lowest BCUT2D eigenvalue weighted by Crippen LogP contribution is -2.01. The lowest BCUT2D eigenvalue weighted by Gasteiger charge is -2.07. The first kappa shape index (κ1) is 15.5. The Hall–Kier alpha value is -0.590. The molecular formula is C17H30O. The van der Waals surface area contributed by atoms with Gasteiger partial charge in [-0.1, -0.05) is 70.8 Å². The second-order valence-electron chi connectivity index (χ2n) is 5.77. The van der Waals surface area contributed by atoms with Crippen LogP contribution in [0.1, 0.15) is 89.9 Å². The lowest BCUT2D eigenvalue weighted by atomic mass is 9.98. The molecule has 0 aromatic carbocycles. The fourth-order valence-corrected chi connectivity index (χ4v) is 2.71. The maximum atomic E-state index is 11.8. The molecule has 18 heavy (non-hydrogen) atoms. The van der Waals surface area contributed by atoms with Crippen molar-refractivity contribution < 1.29 is 4.79 Å².